The number of aliphatic hydroxyl groups is 1. The number of ether oxygens (including phenoxy) is 1. The van der Waals surface area contributed by atoms with Crippen molar-refractivity contribution in [3.8, 4) is 5.75 Å². The van der Waals surface area contributed by atoms with E-state index in [1.54, 1.807) is 0 Å². The topological polar surface area (TPSA) is 70.1 Å². The lowest BCUT2D eigenvalue weighted by Crippen LogP contribution is -2.37. The number of carbonyl (C=O) groups is 2. The van der Waals surface area contributed by atoms with Gasteiger partial charge in [0.15, 0.2) is 0 Å². The molecular weight excluding hydrogens is 423 g/mol. The molecule has 2 heterocycles. The van der Waals surface area contributed by atoms with Crippen LogP contribution in [0.25, 0.3) is 5.76 Å². The van der Waals surface area contributed by atoms with Gasteiger partial charge in [-0.3, -0.25) is 9.59 Å². The molecule has 6 nitrogen and oxygen atoms in total. The minimum absolute atomic E-state index is 0.0234. The Morgan fingerprint density at radius 3 is 2.33 bits per heavy atom. The predicted molar refractivity (Wildman–Crippen MR) is 123 cm³/mol. The molecule has 33 heavy (non-hydrogen) atoms. The number of nitrogens with zero attached hydrogens (tertiary/aromatic N) is 2. The third kappa shape index (κ3) is 4.93. The molecule has 2 aliphatic rings. The molecular formula is C26H29FN2O4. The minimum Gasteiger partial charge on any atom is -0.507 e. The molecule has 0 radical (unpaired) electrons. The van der Waals surface area contributed by atoms with Gasteiger partial charge in [-0.1, -0.05) is 19.1 Å². The zero-order chi connectivity index (χ0) is 23.4. The maximum absolute atomic E-state index is 13.4. The first kappa shape index (κ1) is 23.0. The molecule has 2 aliphatic heterocycles. The molecule has 1 atom stereocenters. The van der Waals surface area contributed by atoms with Gasteiger partial charge in [-0.25, -0.2) is 4.39 Å². The van der Waals surface area contributed by atoms with E-state index in [0.29, 0.717) is 36.6 Å². The largest absolute Gasteiger partial charge is 0.507 e. The third-order valence-electron chi connectivity index (χ3n) is 6.18. The Bertz CT molecular complexity index is 1030. The van der Waals surface area contributed by atoms with Crippen LogP contribution in [-0.4, -0.2) is 59.4 Å². The van der Waals surface area contributed by atoms with E-state index in [1.165, 1.54) is 29.2 Å². The first-order valence-electron chi connectivity index (χ1n) is 11.5. The van der Waals surface area contributed by atoms with Gasteiger partial charge in [0.1, 0.15) is 17.3 Å². The molecule has 2 aromatic carbocycles. The van der Waals surface area contributed by atoms with E-state index >= 15 is 0 Å². The van der Waals surface area contributed by atoms with E-state index in [-0.39, 0.29) is 11.3 Å². The minimum atomic E-state index is -0.727. The van der Waals surface area contributed by atoms with Crippen molar-refractivity contribution in [1.29, 1.82) is 0 Å². The molecule has 0 aliphatic carbocycles. The molecule has 7 heteroatoms. The van der Waals surface area contributed by atoms with Gasteiger partial charge in [0.25, 0.3) is 11.7 Å². The summed E-state index contributed by atoms with van der Waals surface area (Å²) in [6, 6.07) is 11.8. The van der Waals surface area contributed by atoms with Crippen LogP contribution in [0.3, 0.4) is 0 Å². The molecule has 2 fully saturated rings. The van der Waals surface area contributed by atoms with Crippen molar-refractivity contribution in [2.24, 2.45) is 0 Å². The van der Waals surface area contributed by atoms with Gasteiger partial charge in [-0.05, 0) is 74.3 Å². The Morgan fingerprint density at radius 1 is 1.03 bits per heavy atom. The number of Topliss-reactive ketones (excluding diaryl/α,β-unsaturated/α-hetero) is 1. The molecule has 1 N–H and O–H groups in total. The van der Waals surface area contributed by atoms with Crippen molar-refractivity contribution < 1.29 is 23.8 Å². The monoisotopic (exact) mass is 452 g/mol. The summed E-state index contributed by atoms with van der Waals surface area (Å²) < 4.78 is 19.1. The van der Waals surface area contributed by atoms with E-state index in [2.05, 4.69) is 4.90 Å². The number of hydrogen-bond donors (Lipinski definition) is 1. The van der Waals surface area contributed by atoms with Crippen LogP contribution in [0.5, 0.6) is 5.75 Å². The van der Waals surface area contributed by atoms with Crippen LogP contribution in [0.4, 0.5) is 4.39 Å². The summed E-state index contributed by atoms with van der Waals surface area (Å²) in [5, 5.41) is 11.0. The maximum Gasteiger partial charge on any atom is 0.295 e. The van der Waals surface area contributed by atoms with E-state index in [9.17, 15) is 19.1 Å². The molecule has 0 bridgehead atoms. The Balaban J connectivity index is 1.71. The zero-order valence-electron chi connectivity index (χ0n) is 18.8. The molecule has 174 valence electrons. The molecule has 2 saturated heterocycles. The highest BCUT2D eigenvalue weighted by Gasteiger charge is 2.46. The van der Waals surface area contributed by atoms with Crippen LogP contribution >= 0.6 is 0 Å². The van der Waals surface area contributed by atoms with Gasteiger partial charge in [0.05, 0.1) is 18.2 Å². The Kier molecular flexibility index (Phi) is 7.08. The van der Waals surface area contributed by atoms with E-state index in [4.69, 9.17) is 4.74 Å². The highest BCUT2D eigenvalue weighted by molar-refractivity contribution is 6.46. The lowest BCUT2D eigenvalue weighted by atomic mass is 9.95. The van der Waals surface area contributed by atoms with Crippen molar-refractivity contribution in [3.63, 3.8) is 0 Å². The Morgan fingerprint density at radius 2 is 1.70 bits per heavy atom. The van der Waals surface area contributed by atoms with Crippen molar-refractivity contribution in [2.45, 2.75) is 32.2 Å². The lowest BCUT2D eigenvalue weighted by molar-refractivity contribution is -0.140. The van der Waals surface area contributed by atoms with Gasteiger partial charge < -0.3 is 19.6 Å². The standard InChI is InChI=1S/C26H29FN2O4/c1-2-17-33-21-11-7-18(8-12-21)23-22(24(30)19-5-9-20(27)10-6-19)25(31)26(32)29(23)16-15-28-13-3-4-14-28/h5-12,23,30H,2-4,13-17H2,1H3/b24-22+. The van der Waals surface area contributed by atoms with Gasteiger partial charge in [0, 0.05) is 18.7 Å². The SMILES string of the molecule is CCCOc1ccc(C2/C(=C(\O)c3ccc(F)cc3)C(=O)C(=O)N2CCN2CCCC2)cc1. The van der Waals surface area contributed by atoms with Crippen LogP contribution in [0.1, 0.15) is 43.4 Å². The second-order valence-electron chi connectivity index (χ2n) is 8.47. The Labute approximate surface area is 193 Å². The van der Waals surface area contributed by atoms with Crippen molar-refractivity contribution in [2.75, 3.05) is 32.8 Å². The molecule has 0 aromatic heterocycles. The fraction of sp³-hybridized carbons (Fsp3) is 0.385. The summed E-state index contributed by atoms with van der Waals surface area (Å²) in [5.74, 6) is -1.40. The highest BCUT2D eigenvalue weighted by Crippen LogP contribution is 2.39. The van der Waals surface area contributed by atoms with Crippen molar-refractivity contribution in [1.82, 2.24) is 9.80 Å². The number of amides is 1. The fourth-order valence-corrected chi connectivity index (χ4v) is 4.44. The molecule has 1 amide bonds. The van der Waals surface area contributed by atoms with E-state index in [0.717, 1.165) is 32.4 Å². The summed E-state index contributed by atoms with van der Waals surface area (Å²) in [5.41, 5.74) is 1.03. The molecule has 1 unspecified atom stereocenters. The van der Waals surface area contributed by atoms with E-state index < -0.39 is 23.5 Å². The summed E-state index contributed by atoms with van der Waals surface area (Å²) in [6.07, 6.45) is 3.15. The highest BCUT2D eigenvalue weighted by atomic mass is 19.1. The predicted octanol–water partition coefficient (Wildman–Crippen LogP) is 4.13. The fourth-order valence-electron chi connectivity index (χ4n) is 4.44. The number of rotatable bonds is 8. The number of carbonyl (C=O) groups excluding carboxylic acids is 2. The molecule has 0 saturated carbocycles. The summed E-state index contributed by atoms with van der Waals surface area (Å²) in [7, 11) is 0. The van der Waals surface area contributed by atoms with Gasteiger partial charge in [-0.2, -0.15) is 0 Å². The van der Waals surface area contributed by atoms with Crippen LogP contribution in [-0.2, 0) is 9.59 Å². The number of aliphatic hydroxyl groups excluding tert-OH is 1. The average Bonchev–Trinajstić information content (AvgIpc) is 3.43. The average molecular weight is 453 g/mol. The van der Waals surface area contributed by atoms with Crippen molar-refractivity contribution in [3.05, 3.63) is 71.0 Å². The molecule has 0 spiro atoms. The van der Waals surface area contributed by atoms with E-state index in [1.807, 2.05) is 31.2 Å². The summed E-state index contributed by atoms with van der Waals surface area (Å²) in [6.45, 7) is 5.62. The quantitative estimate of drug-likeness (QED) is 0.371. The third-order valence-corrected chi connectivity index (χ3v) is 6.18. The number of ketones is 1. The Hall–Kier alpha value is -3.19. The van der Waals surface area contributed by atoms with Crippen LogP contribution < -0.4 is 4.74 Å². The van der Waals surface area contributed by atoms with Crippen LogP contribution in [0, 0.1) is 5.82 Å². The van der Waals surface area contributed by atoms with Gasteiger partial charge >= 0.3 is 0 Å². The number of likely N-dealkylation sites (tertiary alicyclic amines) is 2. The first-order valence-corrected chi connectivity index (χ1v) is 11.5. The number of hydrogen-bond acceptors (Lipinski definition) is 5. The first-order chi connectivity index (χ1) is 16.0. The van der Waals surface area contributed by atoms with Crippen LogP contribution in [0.2, 0.25) is 0 Å². The van der Waals surface area contributed by atoms with Crippen LogP contribution in [0.15, 0.2) is 54.1 Å². The zero-order valence-corrected chi connectivity index (χ0v) is 18.8. The lowest BCUT2D eigenvalue weighted by Gasteiger charge is -2.27. The summed E-state index contributed by atoms with van der Waals surface area (Å²) >= 11 is 0. The smallest absolute Gasteiger partial charge is 0.295 e. The number of halogens is 1. The number of benzene rings is 2. The summed E-state index contributed by atoms with van der Waals surface area (Å²) in [4.78, 5) is 29.9. The second kappa shape index (κ2) is 10.2. The molecule has 2 aromatic rings. The van der Waals surface area contributed by atoms with Crippen molar-refractivity contribution >= 4 is 17.4 Å². The van der Waals surface area contributed by atoms with Gasteiger partial charge in [0.2, 0.25) is 0 Å². The second-order valence-corrected chi connectivity index (χ2v) is 8.47. The normalized spacial score (nSPS) is 20.5. The maximum atomic E-state index is 13.4. The van der Waals surface area contributed by atoms with Gasteiger partial charge in [-0.15, -0.1) is 0 Å². The molecule has 4 rings (SSSR count).